The number of methoxy groups -OCH3 is 2. The molecule has 2 unspecified atom stereocenters. The number of halogens is 2. The van der Waals surface area contributed by atoms with Crippen molar-refractivity contribution in [1.29, 1.82) is 0 Å². The van der Waals surface area contributed by atoms with Crippen molar-refractivity contribution in [2.75, 3.05) is 33.9 Å². The van der Waals surface area contributed by atoms with E-state index in [1.165, 1.54) is 0 Å². The zero-order chi connectivity index (χ0) is 14.5. The molecular formula is C14H22BrClN2O3. The first-order chi connectivity index (χ1) is 9.65. The predicted octanol–water partition coefficient (Wildman–Crippen LogP) is 1.56. The van der Waals surface area contributed by atoms with Crippen LogP contribution in [0, 0.1) is 5.92 Å². The monoisotopic (exact) mass is 380 g/mol. The summed E-state index contributed by atoms with van der Waals surface area (Å²) in [5, 5.41) is 16.3. The highest BCUT2D eigenvalue weighted by Crippen LogP contribution is 2.32. The van der Waals surface area contributed by atoms with Gasteiger partial charge in [0.05, 0.1) is 20.3 Å². The van der Waals surface area contributed by atoms with Crippen LogP contribution in [-0.4, -0.2) is 45.1 Å². The summed E-state index contributed by atoms with van der Waals surface area (Å²) in [6, 6.07) is 3.79. The average molecular weight is 382 g/mol. The molecule has 0 aromatic heterocycles. The molecule has 0 bridgehead atoms. The summed E-state index contributed by atoms with van der Waals surface area (Å²) in [5.74, 6) is 1.81. The molecule has 2 rings (SSSR count). The van der Waals surface area contributed by atoms with Crippen molar-refractivity contribution in [2.45, 2.75) is 12.6 Å². The van der Waals surface area contributed by atoms with E-state index in [-0.39, 0.29) is 24.4 Å². The quantitative estimate of drug-likeness (QED) is 0.698. The molecule has 120 valence electrons. The molecule has 1 aliphatic heterocycles. The first-order valence-corrected chi connectivity index (χ1v) is 7.45. The molecule has 1 aromatic rings. The number of aliphatic hydroxyl groups is 1. The van der Waals surface area contributed by atoms with Gasteiger partial charge in [-0.15, -0.1) is 12.4 Å². The van der Waals surface area contributed by atoms with Gasteiger partial charge in [-0.05, 0) is 6.07 Å². The van der Waals surface area contributed by atoms with E-state index in [0.29, 0.717) is 13.1 Å². The first kappa shape index (κ1) is 18.5. The Kier molecular flexibility index (Phi) is 7.76. The van der Waals surface area contributed by atoms with Crippen LogP contribution in [0.2, 0.25) is 0 Å². The van der Waals surface area contributed by atoms with Crippen molar-refractivity contribution < 1.29 is 14.6 Å². The number of nitrogens with one attached hydrogen (secondary N) is 2. The van der Waals surface area contributed by atoms with Gasteiger partial charge in [-0.2, -0.15) is 0 Å². The van der Waals surface area contributed by atoms with Gasteiger partial charge in [0.15, 0.2) is 0 Å². The van der Waals surface area contributed by atoms with Crippen LogP contribution in [0.4, 0.5) is 0 Å². The third-order valence-corrected chi connectivity index (χ3v) is 4.30. The van der Waals surface area contributed by atoms with Gasteiger partial charge < -0.3 is 25.2 Å². The molecular weight excluding hydrogens is 360 g/mol. The summed E-state index contributed by atoms with van der Waals surface area (Å²) in [4.78, 5) is 0. The van der Waals surface area contributed by atoms with Crippen LogP contribution in [-0.2, 0) is 6.54 Å². The van der Waals surface area contributed by atoms with Crippen molar-refractivity contribution in [2.24, 2.45) is 5.92 Å². The maximum atomic E-state index is 9.76. The minimum atomic E-state index is -0.260. The average Bonchev–Trinajstić information content (AvgIpc) is 2.85. The van der Waals surface area contributed by atoms with Crippen molar-refractivity contribution in [3.63, 3.8) is 0 Å². The topological polar surface area (TPSA) is 62.8 Å². The molecule has 0 radical (unpaired) electrons. The smallest absolute Gasteiger partial charge is 0.128 e. The van der Waals surface area contributed by atoms with E-state index in [1.807, 2.05) is 12.1 Å². The number of ether oxygens (including phenoxy) is 2. The molecule has 2 atom stereocenters. The molecule has 1 aliphatic rings. The number of β-amino-alcohol motifs (C(OH)–C–C–N with tert-alkyl or cyclic N) is 1. The maximum Gasteiger partial charge on any atom is 0.128 e. The Morgan fingerprint density at radius 2 is 2.10 bits per heavy atom. The minimum absolute atomic E-state index is 0. The summed E-state index contributed by atoms with van der Waals surface area (Å²) in [5.41, 5.74) is 1.05. The highest BCUT2D eigenvalue weighted by atomic mass is 79.9. The van der Waals surface area contributed by atoms with Crippen molar-refractivity contribution in [3.05, 3.63) is 22.2 Å². The lowest BCUT2D eigenvalue weighted by Crippen LogP contribution is -2.30. The lowest BCUT2D eigenvalue weighted by atomic mass is 10.1. The van der Waals surface area contributed by atoms with Crippen LogP contribution in [0.25, 0.3) is 0 Å². The van der Waals surface area contributed by atoms with Crippen molar-refractivity contribution in [3.8, 4) is 11.5 Å². The SMILES string of the molecule is COc1cc(Br)c(CNCC2CNCC2O)c(OC)c1.Cl. The van der Waals surface area contributed by atoms with Crippen LogP contribution in [0.1, 0.15) is 5.56 Å². The standard InChI is InChI=1S/C14H21BrN2O3.ClH/c1-19-10-3-12(15)11(14(4-10)20-2)7-16-5-9-6-17-8-13(9)18;/h3-4,9,13,16-18H,5-8H2,1-2H3;1H. The van der Waals surface area contributed by atoms with Gasteiger partial charge >= 0.3 is 0 Å². The molecule has 1 aromatic carbocycles. The maximum absolute atomic E-state index is 9.76. The van der Waals surface area contributed by atoms with E-state index in [0.717, 1.165) is 34.6 Å². The highest BCUT2D eigenvalue weighted by Gasteiger charge is 2.24. The summed E-state index contributed by atoms with van der Waals surface area (Å²) in [6.07, 6.45) is -0.260. The molecule has 0 aliphatic carbocycles. The number of benzene rings is 1. The predicted molar refractivity (Wildman–Crippen MR) is 88.6 cm³/mol. The third kappa shape index (κ3) is 4.72. The summed E-state index contributed by atoms with van der Waals surface area (Å²) < 4.78 is 11.6. The molecule has 0 spiro atoms. The number of aliphatic hydroxyl groups excluding tert-OH is 1. The Balaban J connectivity index is 0.00000220. The van der Waals surface area contributed by atoms with Crippen LogP contribution >= 0.6 is 28.3 Å². The number of hydrogen-bond donors (Lipinski definition) is 3. The molecule has 1 heterocycles. The van der Waals surface area contributed by atoms with Gasteiger partial charge in [0.25, 0.3) is 0 Å². The molecule has 21 heavy (non-hydrogen) atoms. The minimum Gasteiger partial charge on any atom is -0.497 e. The number of hydrogen-bond acceptors (Lipinski definition) is 5. The van der Waals surface area contributed by atoms with E-state index in [2.05, 4.69) is 26.6 Å². The zero-order valence-corrected chi connectivity index (χ0v) is 14.6. The summed E-state index contributed by atoms with van der Waals surface area (Å²) >= 11 is 3.54. The second-order valence-corrected chi connectivity index (χ2v) is 5.76. The molecule has 0 amide bonds. The van der Waals surface area contributed by atoms with E-state index in [9.17, 15) is 5.11 Å². The Morgan fingerprint density at radius 3 is 2.67 bits per heavy atom. The van der Waals surface area contributed by atoms with Gasteiger partial charge in [0, 0.05) is 48.2 Å². The Morgan fingerprint density at radius 1 is 1.33 bits per heavy atom. The first-order valence-electron chi connectivity index (χ1n) is 6.65. The van der Waals surface area contributed by atoms with Crippen LogP contribution in [0.5, 0.6) is 11.5 Å². The Labute approximate surface area is 139 Å². The molecule has 5 nitrogen and oxygen atoms in total. The van der Waals surface area contributed by atoms with Crippen molar-refractivity contribution in [1.82, 2.24) is 10.6 Å². The number of rotatable bonds is 6. The largest absolute Gasteiger partial charge is 0.497 e. The van der Waals surface area contributed by atoms with Gasteiger partial charge in [-0.3, -0.25) is 0 Å². The lowest BCUT2D eigenvalue weighted by Gasteiger charge is -2.16. The highest BCUT2D eigenvalue weighted by molar-refractivity contribution is 9.10. The summed E-state index contributed by atoms with van der Waals surface area (Å²) in [7, 11) is 3.28. The van der Waals surface area contributed by atoms with Crippen LogP contribution in [0.15, 0.2) is 16.6 Å². The Bertz CT molecular complexity index is 462. The summed E-state index contributed by atoms with van der Waals surface area (Å²) in [6.45, 7) is 2.99. The second kappa shape index (κ2) is 8.80. The molecule has 1 saturated heterocycles. The third-order valence-electron chi connectivity index (χ3n) is 3.60. The zero-order valence-electron chi connectivity index (χ0n) is 12.2. The van der Waals surface area contributed by atoms with Gasteiger partial charge in [-0.25, -0.2) is 0 Å². The fourth-order valence-corrected chi connectivity index (χ4v) is 2.93. The fourth-order valence-electron chi connectivity index (χ4n) is 2.37. The van der Waals surface area contributed by atoms with Crippen LogP contribution in [0.3, 0.4) is 0 Å². The van der Waals surface area contributed by atoms with Gasteiger partial charge in [-0.1, -0.05) is 15.9 Å². The Hall–Kier alpha value is -0.530. The van der Waals surface area contributed by atoms with Crippen molar-refractivity contribution >= 4 is 28.3 Å². The van der Waals surface area contributed by atoms with Gasteiger partial charge in [0.1, 0.15) is 11.5 Å². The molecule has 3 N–H and O–H groups in total. The van der Waals surface area contributed by atoms with E-state index < -0.39 is 0 Å². The molecule has 1 fully saturated rings. The van der Waals surface area contributed by atoms with E-state index in [4.69, 9.17) is 9.47 Å². The van der Waals surface area contributed by atoms with E-state index in [1.54, 1.807) is 14.2 Å². The normalized spacial score (nSPS) is 21.0. The lowest BCUT2D eigenvalue weighted by molar-refractivity contribution is 0.146. The van der Waals surface area contributed by atoms with Gasteiger partial charge in [0.2, 0.25) is 0 Å². The van der Waals surface area contributed by atoms with Crippen LogP contribution < -0.4 is 20.1 Å². The van der Waals surface area contributed by atoms with E-state index >= 15 is 0 Å². The molecule has 7 heteroatoms. The fraction of sp³-hybridized carbons (Fsp3) is 0.571. The second-order valence-electron chi connectivity index (χ2n) is 4.91. The molecule has 0 saturated carbocycles.